The molecule has 0 N–H and O–H groups in total. The topological polar surface area (TPSA) is 17.8 Å². The van der Waals surface area contributed by atoms with Crippen LogP contribution in [-0.4, -0.2) is 9.55 Å². The van der Waals surface area contributed by atoms with Gasteiger partial charge in [0.1, 0.15) is 0 Å². The molecule has 2 aromatic rings. The normalized spacial score (nSPS) is 12.9. The van der Waals surface area contributed by atoms with Gasteiger partial charge in [0.15, 0.2) is 0 Å². The summed E-state index contributed by atoms with van der Waals surface area (Å²) in [5.74, 6) is 0.0368. The lowest BCUT2D eigenvalue weighted by molar-refractivity contribution is -0.136. The van der Waals surface area contributed by atoms with E-state index < -0.39 is 11.7 Å². The molecule has 2 nitrogen and oxygen atoms in total. The first-order valence-corrected chi connectivity index (χ1v) is 6.29. The molecule has 1 heterocycles. The van der Waals surface area contributed by atoms with Gasteiger partial charge in [-0.3, -0.25) is 0 Å². The maximum absolute atomic E-state index is 13.2. The SMILES string of the molecule is CC(C)c1cc(C(F)(F)F)c2c(c1)ncn2C(C)C. The van der Waals surface area contributed by atoms with Gasteiger partial charge in [0.2, 0.25) is 0 Å². The Morgan fingerprint density at radius 1 is 1.11 bits per heavy atom. The predicted octanol–water partition coefficient (Wildman–Crippen LogP) is 4.76. The van der Waals surface area contributed by atoms with E-state index in [0.717, 1.165) is 0 Å². The summed E-state index contributed by atoms with van der Waals surface area (Å²) in [6.07, 6.45) is -2.88. The first kappa shape index (κ1) is 13.9. The summed E-state index contributed by atoms with van der Waals surface area (Å²) in [5.41, 5.74) is 0.646. The van der Waals surface area contributed by atoms with Crippen LogP contribution in [0.25, 0.3) is 11.0 Å². The molecule has 0 fully saturated rings. The van der Waals surface area contributed by atoms with E-state index in [1.165, 1.54) is 12.4 Å². The maximum Gasteiger partial charge on any atom is 0.418 e. The van der Waals surface area contributed by atoms with E-state index in [-0.39, 0.29) is 17.5 Å². The van der Waals surface area contributed by atoms with Gasteiger partial charge in [-0.05, 0) is 37.5 Å². The van der Waals surface area contributed by atoms with E-state index in [4.69, 9.17) is 0 Å². The van der Waals surface area contributed by atoms with Gasteiger partial charge in [0.05, 0.1) is 22.9 Å². The quantitative estimate of drug-likeness (QED) is 0.769. The predicted molar refractivity (Wildman–Crippen MR) is 69.2 cm³/mol. The van der Waals surface area contributed by atoms with Crippen molar-refractivity contribution in [2.45, 2.75) is 45.8 Å². The monoisotopic (exact) mass is 270 g/mol. The second-order valence-corrected chi connectivity index (χ2v) is 5.33. The molecule has 0 aliphatic carbocycles. The van der Waals surface area contributed by atoms with Crippen molar-refractivity contribution >= 4 is 11.0 Å². The lowest BCUT2D eigenvalue weighted by Gasteiger charge is -2.16. The Hall–Kier alpha value is -1.52. The second-order valence-electron chi connectivity index (χ2n) is 5.33. The van der Waals surface area contributed by atoms with E-state index in [1.54, 1.807) is 10.6 Å². The summed E-state index contributed by atoms with van der Waals surface area (Å²) in [7, 11) is 0. The highest BCUT2D eigenvalue weighted by molar-refractivity contribution is 5.81. The standard InChI is InChI=1S/C14H17F3N2/c1-8(2)10-5-11(14(15,16)17)13-12(6-10)18-7-19(13)9(3)4/h5-9H,1-4H3. The van der Waals surface area contributed by atoms with Crippen LogP contribution in [0.2, 0.25) is 0 Å². The molecule has 0 unspecified atom stereocenters. The fraction of sp³-hybridized carbons (Fsp3) is 0.500. The van der Waals surface area contributed by atoms with Gasteiger partial charge in [0.25, 0.3) is 0 Å². The van der Waals surface area contributed by atoms with Gasteiger partial charge in [0, 0.05) is 6.04 Å². The van der Waals surface area contributed by atoms with E-state index in [0.29, 0.717) is 11.1 Å². The van der Waals surface area contributed by atoms with Crippen LogP contribution >= 0.6 is 0 Å². The minimum absolute atomic E-state index is 0.0368. The average molecular weight is 270 g/mol. The lowest BCUT2D eigenvalue weighted by Crippen LogP contribution is -2.10. The van der Waals surface area contributed by atoms with Crippen LogP contribution in [0, 0.1) is 0 Å². The molecule has 0 amide bonds. The summed E-state index contributed by atoms with van der Waals surface area (Å²) in [6, 6.07) is 2.93. The molecule has 19 heavy (non-hydrogen) atoms. The Bertz CT molecular complexity index is 594. The number of aromatic nitrogens is 2. The number of imidazole rings is 1. The van der Waals surface area contributed by atoms with Crippen LogP contribution in [0.3, 0.4) is 0 Å². The van der Waals surface area contributed by atoms with Gasteiger partial charge in [-0.1, -0.05) is 13.8 Å². The van der Waals surface area contributed by atoms with Gasteiger partial charge < -0.3 is 4.57 Å². The van der Waals surface area contributed by atoms with Crippen LogP contribution in [0.1, 0.15) is 50.8 Å². The van der Waals surface area contributed by atoms with Crippen LogP contribution in [0.5, 0.6) is 0 Å². The van der Waals surface area contributed by atoms with E-state index in [1.807, 2.05) is 27.7 Å². The van der Waals surface area contributed by atoms with Crippen molar-refractivity contribution in [3.05, 3.63) is 29.6 Å². The molecule has 2 rings (SSSR count). The highest BCUT2D eigenvalue weighted by atomic mass is 19.4. The van der Waals surface area contributed by atoms with Gasteiger partial charge >= 0.3 is 6.18 Å². The number of fused-ring (bicyclic) bond motifs is 1. The number of rotatable bonds is 2. The molecule has 0 aliphatic heterocycles. The Labute approximate surface area is 110 Å². The van der Waals surface area contributed by atoms with Gasteiger partial charge in [-0.25, -0.2) is 4.98 Å². The number of hydrogen-bond donors (Lipinski definition) is 0. The van der Waals surface area contributed by atoms with Crippen LogP contribution in [-0.2, 0) is 6.18 Å². The maximum atomic E-state index is 13.2. The minimum Gasteiger partial charge on any atom is -0.328 e. The largest absolute Gasteiger partial charge is 0.418 e. The highest BCUT2D eigenvalue weighted by Crippen LogP contribution is 2.37. The number of halogens is 3. The third-order valence-electron chi connectivity index (χ3n) is 3.22. The molecule has 1 aromatic heterocycles. The molecule has 0 radical (unpaired) electrons. The number of alkyl halides is 3. The summed E-state index contributed by atoms with van der Waals surface area (Å²) in [4.78, 5) is 4.12. The molecule has 0 spiro atoms. The molecular weight excluding hydrogens is 253 g/mol. The van der Waals surface area contributed by atoms with E-state index >= 15 is 0 Å². The summed E-state index contributed by atoms with van der Waals surface area (Å²) in [6.45, 7) is 7.44. The Kier molecular flexibility index (Phi) is 3.32. The fourth-order valence-electron chi connectivity index (χ4n) is 2.13. The number of hydrogen-bond acceptors (Lipinski definition) is 1. The minimum atomic E-state index is -4.37. The molecular formula is C14H17F3N2. The van der Waals surface area contributed by atoms with Crippen LogP contribution in [0.15, 0.2) is 18.5 Å². The average Bonchev–Trinajstić information content (AvgIpc) is 2.69. The third kappa shape index (κ3) is 2.46. The first-order chi connectivity index (χ1) is 8.71. The van der Waals surface area contributed by atoms with Crippen molar-refractivity contribution in [2.75, 3.05) is 0 Å². The molecule has 104 valence electrons. The zero-order valence-electron chi connectivity index (χ0n) is 11.4. The highest BCUT2D eigenvalue weighted by Gasteiger charge is 2.35. The van der Waals surface area contributed by atoms with E-state index in [9.17, 15) is 13.2 Å². The van der Waals surface area contributed by atoms with Crippen molar-refractivity contribution < 1.29 is 13.2 Å². The van der Waals surface area contributed by atoms with Crippen molar-refractivity contribution in [2.24, 2.45) is 0 Å². The molecule has 0 saturated carbocycles. The molecule has 0 saturated heterocycles. The van der Waals surface area contributed by atoms with Gasteiger partial charge in [-0.15, -0.1) is 0 Å². The fourth-order valence-corrected chi connectivity index (χ4v) is 2.13. The molecule has 1 aromatic carbocycles. The molecule has 0 bridgehead atoms. The molecule has 5 heteroatoms. The zero-order chi connectivity index (χ0) is 14.4. The van der Waals surface area contributed by atoms with Crippen molar-refractivity contribution in [1.29, 1.82) is 0 Å². The van der Waals surface area contributed by atoms with Crippen molar-refractivity contribution in [3.8, 4) is 0 Å². The van der Waals surface area contributed by atoms with Gasteiger partial charge in [-0.2, -0.15) is 13.2 Å². The summed E-state index contributed by atoms with van der Waals surface area (Å²) in [5, 5.41) is 0. The second kappa shape index (κ2) is 4.54. The molecule has 0 aliphatic rings. The van der Waals surface area contributed by atoms with E-state index in [2.05, 4.69) is 4.98 Å². The number of benzene rings is 1. The Morgan fingerprint density at radius 2 is 1.74 bits per heavy atom. The summed E-state index contributed by atoms with van der Waals surface area (Å²) >= 11 is 0. The Morgan fingerprint density at radius 3 is 2.21 bits per heavy atom. The zero-order valence-corrected chi connectivity index (χ0v) is 11.4. The third-order valence-corrected chi connectivity index (χ3v) is 3.22. The summed E-state index contributed by atoms with van der Waals surface area (Å²) < 4.78 is 41.3. The first-order valence-electron chi connectivity index (χ1n) is 6.29. The number of nitrogens with zero attached hydrogens (tertiary/aromatic N) is 2. The van der Waals surface area contributed by atoms with Crippen molar-refractivity contribution in [1.82, 2.24) is 9.55 Å². The van der Waals surface area contributed by atoms with Crippen LogP contribution < -0.4 is 0 Å². The van der Waals surface area contributed by atoms with Crippen molar-refractivity contribution in [3.63, 3.8) is 0 Å². The Balaban J connectivity index is 2.82. The lowest BCUT2D eigenvalue weighted by atomic mass is 9.99. The van der Waals surface area contributed by atoms with Crippen LogP contribution in [0.4, 0.5) is 13.2 Å². The molecule has 0 atom stereocenters. The smallest absolute Gasteiger partial charge is 0.328 e.